The van der Waals surface area contributed by atoms with Gasteiger partial charge in [0.1, 0.15) is 10.8 Å². The lowest BCUT2D eigenvalue weighted by molar-refractivity contribution is 0.190. The molecule has 0 aliphatic rings. The number of rotatable bonds is 8. The van der Waals surface area contributed by atoms with E-state index in [1.54, 1.807) is 26.4 Å². The molecule has 6 heteroatoms. The molecule has 0 heterocycles. The van der Waals surface area contributed by atoms with Crippen LogP contribution in [0, 0.1) is 5.82 Å². The average Bonchev–Trinajstić information content (AvgIpc) is 2.39. The maximum atomic E-state index is 14.1. The molecule has 1 aromatic rings. The lowest BCUT2D eigenvalue weighted by atomic mass is 10.2. The standard InChI is InChI=1S/C13H19FN2O2S/c1-17-7-5-16(6-8-18-2)12-4-3-10(13(15)19)9-11(12)14/h3-4,9H,5-8H2,1-2H3,(H2,15,19). The van der Waals surface area contributed by atoms with E-state index in [0.717, 1.165) is 0 Å². The van der Waals surface area contributed by atoms with Gasteiger partial charge in [0.25, 0.3) is 0 Å². The van der Waals surface area contributed by atoms with E-state index in [4.69, 9.17) is 27.4 Å². The summed E-state index contributed by atoms with van der Waals surface area (Å²) in [7, 11) is 3.22. The Morgan fingerprint density at radius 1 is 1.26 bits per heavy atom. The third kappa shape index (κ3) is 4.74. The van der Waals surface area contributed by atoms with Crippen molar-refractivity contribution in [2.75, 3.05) is 45.4 Å². The molecule has 1 aromatic carbocycles. The first-order valence-electron chi connectivity index (χ1n) is 5.92. The molecule has 0 bridgehead atoms. The summed E-state index contributed by atoms with van der Waals surface area (Å²) in [6.07, 6.45) is 0. The fraction of sp³-hybridized carbons (Fsp3) is 0.462. The zero-order chi connectivity index (χ0) is 14.3. The van der Waals surface area contributed by atoms with Gasteiger partial charge in [-0.3, -0.25) is 0 Å². The molecule has 0 saturated heterocycles. The van der Waals surface area contributed by atoms with Crippen molar-refractivity contribution in [3.8, 4) is 0 Å². The van der Waals surface area contributed by atoms with Gasteiger partial charge in [0, 0.05) is 32.9 Å². The average molecular weight is 286 g/mol. The highest BCUT2D eigenvalue weighted by Gasteiger charge is 2.12. The molecule has 0 saturated carbocycles. The fourth-order valence-electron chi connectivity index (χ4n) is 1.67. The summed E-state index contributed by atoms with van der Waals surface area (Å²) >= 11 is 4.83. The first-order chi connectivity index (χ1) is 9.10. The smallest absolute Gasteiger partial charge is 0.147 e. The highest BCUT2D eigenvalue weighted by Crippen LogP contribution is 2.20. The predicted octanol–water partition coefficient (Wildman–Crippen LogP) is 1.56. The second-order valence-electron chi connectivity index (χ2n) is 4.00. The van der Waals surface area contributed by atoms with Gasteiger partial charge in [0.2, 0.25) is 0 Å². The number of hydrogen-bond donors (Lipinski definition) is 1. The van der Waals surface area contributed by atoms with Gasteiger partial charge < -0.3 is 20.1 Å². The third-order valence-electron chi connectivity index (χ3n) is 2.70. The van der Waals surface area contributed by atoms with Gasteiger partial charge in [-0.05, 0) is 18.2 Å². The van der Waals surface area contributed by atoms with Crippen LogP contribution in [0.25, 0.3) is 0 Å². The van der Waals surface area contributed by atoms with E-state index in [0.29, 0.717) is 37.6 Å². The van der Waals surface area contributed by atoms with E-state index in [9.17, 15) is 4.39 Å². The summed E-state index contributed by atoms with van der Waals surface area (Å²) in [6.45, 7) is 2.20. The molecule has 0 aliphatic carbocycles. The molecule has 0 fully saturated rings. The minimum absolute atomic E-state index is 0.186. The van der Waals surface area contributed by atoms with E-state index < -0.39 is 0 Å². The van der Waals surface area contributed by atoms with Gasteiger partial charge in [-0.25, -0.2) is 4.39 Å². The highest BCUT2D eigenvalue weighted by molar-refractivity contribution is 7.80. The SMILES string of the molecule is COCCN(CCOC)c1ccc(C(N)=S)cc1F. The van der Waals surface area contributed by atoms with Crippen LogP contribution < -0.4 is 10.6 Å². The van der Waals surface area contributed by atoms with Gasteiger partial charge in [-0.15, -0.1) is 0 Å². The van der Waals surface area contributed by atoms with E-state index >= 15 is 0 Å². The van der Waals surface area contributed by atoms with Crippen LogP contribution in [-0.2, 0) is 9.47 Å². The Bertz CT molecular complexity index is 421. The number of ether oxygens (including phenoxy) is 2. The monoisotopic (exact) mass is 286 g/mol. The van der Waals surface area contributed by atoms with Crippen molar-refractivity contribution in [1.82, 2.24) is 0 Å². The van der Waals surface area contributed by atoms with Crippen molar-refractivity contribution >= 4 is 22.9 Å². The van der Waals surface area contributed by atoms with Gasteiger partial charge in [0.05, 0.1) is 18.9 Å². The first kappa shape index (κ1) is 15.8. The quantitative estimate of drug-likeness (QED) is 0.735. The van der Waals surface area contributed by atoms with Crippen LogP contribution in [0.15, 0.2) is 18.2 Å². The maximum Gasteiger partial charge on any atom is 0.147 e. The van der Waals surface area contributed by atoms with Crippen molar-refractivity contribution in [3.63, 3.8) is 0 Å². The van der Waals surface area contributed by atoms with Crippen LogP contribution in [0.3, 0.4) is 0 Å². The molecule has 106 valence electrons. The number of hydrogen-bond acceptors (Lipinski definition) is 4. The summed E-state index contributed by atoms with van der Waals surface area (Å²) in [5.74, 6) is -0.350. The Balaban J connectivity index is 2.90. The molecule has 0 amide bonds. The van der Waals surface area contributed by atoms with Crippen molar-refractivity contribution in [1.29, 1.82) is 0 Å². The van der Waals surface area contributed by atoms with E-state index in [-0.39, 0.29) is 10.8 Å². The van der Waals surface area contributed by atoms with E-state index in [1.165, 1.54) is 6.07 Å². The van der Waals surface area contributed by atoms with Gasteiger partial charge in [0.15, 0.2) is 0 Å². The molecule has 0 aliphatic heterocycles. The minimum Gasteiger partial charge on any atom is -0.389 e. The van der Waals surface area contributed by atoms with Crippen molar-refractivity contribution in [2.45, 2.75) is 0 Å². The molecule has 19 heavy (non-hydrogen) atoms. The van der Waals surface area contributed by atoms with Gasteiger partial charge in [-0.2, -0.15) is 0 Å². The lowest BCUT2D eigenvalue weighted by Gasteiger charge is -2.25. The van der Waals surface area contributed by atoms with Crippen molar-refractivity contribution in [2.24, 2.45) is 5.73 Å². The molecule has 0 atom stereocenters. The lowest BCUT2D eigenvalue weighted by Crippen LogP contribution is -2.31. The zero-order valence-electron chi connectivity index (χ0n) is 11.2. The second-order valence-corrected chi connectivity index (χ2v) is 4.44. The number of nitrogens with two attached hydrogens (primary N) is 1. The van der Waals surface area contributed by atoms with E-state index in [1.807, 2.05) is 4.90 Å². The molecule has 1 rings (SSSR count). The largest absolute Gasteiger partial charge is 0.389 e. The molecular formula is C13H19FN2O2S. The van der Waals surface area contributed by atoms with Crippen LogP contribution >= 0.6 is 12.2 Å². The number of halogens is 1. The van der Waals surface area contributed by atoms with Crippen LogP contribution in [-0.4, -0.2) is 45.5 Å². The van der Waals surface area contributed by atoms with Crippen LogP contribution in [0.2, 0.25) is 0 Å². The normalized spacial score (nSPS) is 10.5. The topological polar surface area (TPSA) is 47.7 Å². The third-order valence-corrected chi connectivity index (χ3v) is 2.94. The molecule has 2 N–H and O–H groups in total. The van der Waals surface area contributed by atoms with Crippen molar-refractivity contribution in [3.05, 3.63) is 29.6 Å². The molecule has 0 aromatic heterocycles. The van der Waals surface area contributed by atoms with Gasteiger partial charge >= 0.3 is 0 Å². The number of nitrogens with zero attached hydrogens (tertiary/aromatic N) is 1. The Hall–Kier alpha value is -1.24. The van der Waals surface area contributed by atoms with Crippen LogP contribution in [0.5, 0.6) is 0 Å². The second kappa shape index (κ2) is 8.04. The highest BCUT2D eigenvalue weighted by atomic mass is 32.1. The number of benzene rings is 1. The Kier molecular flexibility index (Phi) is 6.69. The Morgan fingerprint density at radius 3 is 2.26 bits per heavy atom. The number of thiocarbonyl (C=S) groups is 1. The summed E-state index contributed by atoms with van der Waals surface area (Å²) in [6, 6.07) is 4.74. The molecular weight excluding hydrogens is 267 g/mol. The van der Waals surface area contributed by atoms with Crippen LogP contribution in [0.1, 0.15) is 5.56 Å². The zero-order valence-corrected chi connectivity index (χ0v) is 12.0. The van der Waals surface area contributed by atoms with Crippen molar-refractivity contribution < 1.29 is 13.9 Å². The number of methoxy groups -OCH3 is 2. The summed E-state index contributed by atoms with van der Waals surface area (Å²) < 4.78 is 24.1. The molecule has 0 radical (unpaired) electrons. The van der Waals surface area contributed by atoms with Crippen LogP contribution in [0.4, 0.5) is 10.1 Å². The van der Waals surface area contributed by atoms with E-state index in [2.05, 4.69) is 0 Å². The molecule has 4 nitrogen and oxygen atoms in total. The van der Waals surface area contributed by atoms with Gasteiger partial charge in [-0.1, -0.05) is 12.2 Å². The fourth-order valence-corrected chi connectivity index (χ4v) is 1.80. The summed E-state index contributed by atoms with van der Waals surface area (Å²) in [5, 5.41) is 0. The minimum atomic E-state index is -0.350. The predicted molar refractivity (Wildman–Crippen MR) is 78.3 cm³/mol. The number of anilines is 1. The maximum absolute atomic E-state index is 14.1. The Morgan fingerprint density at radius 2 is 1.84 bits per heavy atom. The molecule has 0 unspecified atom stereocenters. The summed E-state index contributed by atoms with van der Waals surface area (Å²) in [5.41, 5.74) is 6.50. The Labute approximate surface area is 118 Å². The first-order valence-corrected chi connectivity index (χ1v) is 6.33. The molecule has 0 spiro atoms. The summed E-state index contributed by atoms with van der Waals surface area (Å²) in [4.78, 5) is 2.05.